The van der Waals surface area contributed by atoms with Crippen LogP contribution >= 0.6 is 0 Å². The van der Waals surface area contributed by atoms with E-state index in [1.54, 1.807) is 42.5 Å². The largest absolute Gasteiger partial charge is 0.490 e. The van der Waals surface area contributed by atoms with Gasteiger partial charge in [0.15, 0.2) is 0 Å². The maximum absolute atomic E-state index is 13.3. The Kier molecular flexibility index (Phi) is 13.2. The fraction of sp³-hybridized carbons (Fsp3) is 0.379. The first kappa shape index (κ1) is 31.0. The van der Waals surface area contributed by atoms with Gasteiger partial charge in [0.05, 0.1) is 13.5 Å². The number of esters is 1. The van der Waals surface area contributed by atoms with Gasteiger partial charge < -0.3 is 31.2 Å². The SMILES string of the molecule is C=CCOc1ccc(C[C@H](NC(C)=O)C(=O)N[C@@H](CCCCN)C(=O)Nc2cccc(CC(=O)OC)c2)cc1. The molecule has 0 heterocycles. The molecule has 5 N–H and O–H groups in total. The fourth-order valence-corrected chi connectivity index (χ4v) is 3.83. The monoisotopic (exact) mass is 538 g/mol. The van der Waals surface area contributed by atoms with Crippen molar-refractivity contribution in [3.63, 3.8) is 0 Å². The number of ether oxygens (including phenoxy) is 2. The Labute approximate surface area is 229 Å². The van der Waals surface area contributed by atoms with Crippen molar-refractivity contribution in [2.24, 2.45) is 5.73 Å². The molecule has 2 atom stereocenters. The van der Waals surface area contributed by atoms with Crippen molar-refractivity contribution in [1.82, 2.24) is 10.6 Å². The first-order valence-corrected chi connectivity index (χ1v) is 12.8. The molecule has 0 radical (unpaired) electrons. The van der Waals surface area contributed by atoms with Gasteiger partial charge in [0.1, 0.15) is 24.4 Å². The smallest absolute Gasteiger partial charge is 0.309 e. The lowest BCUT2D eigenvalue weighted by Crippen LogP contribution is -2.53. The predicted octanol–water partition coefficient (Wildman–Crippen LogP) is 2.27. The lowest BCUT2D eigenvalue weighted by Gasteiger charge is -2.23. The Hall–Kier alpha value is -4.18. The molecule has 0 bridgehead atoms. The van der Waals surface area contributed by atoms with Crippen LogP contribution in [0.5, 0.6) is 5.75 Å². The van der Waals surface area contributed by atoms with Crippen LogP contribution in [0.4, 0.5) is 5.69 Å². The van der Waals surface area contributed by atoms with Crippen LogP contribution in [0, 0.1) is 0 Å². The van der Waals surface area contributed by atoms with Gasteiger partial charge in [-0.05, 0) is 61.2 Å². The lowest BCUT2D eigenvalue weighted by atomic mass is 10.0. The van der Waals surface area contributed by atoms with Crippen molar-refractivity contribution < 1.29 is 28.7 Å². The molecule has 3 amide bonds. The van der Waals surface area contributed by atoms with E-state index < -0.39 is 29.9 Å². The second-order valence-corrected chi connectivity index (χ2v) is 8.99. The molecule has 2 aromatic carbocycles. The number of hydrogen-bond acceptors (Lipinski definition) is 7. The molecule has 0 saturated heterocycles. The molecule has 10 heteroatoms. The molecule has 0 fully saturated rings. The highest BCUT2D eigenvalue weighted by Gasteiger charge is 2.26. The van der Waals surface area contributed by atoms with Crippen LogP contribution < -0.4 is 26.4 Å². The number of anilines is 1. The van der Waals surface area contributed by atoms with Gasteiger partial charge in [0.25, 0.3) is 0 Å². The Bertz CT molecular complexity index is 1120. The molecular weight excluding hydrogens is 500 g/mol. The van der Waals surface area contributed by atoms with Crippen molar-refractivity contribution in [1.29, 1.82) is 0 Å². The van der Waals surface area contributed by atoms with Gasteiger partial charge in [-0.2, -0.15) is 0 Å². The minimum Gasteiger partial charge on any atom is -0.490 e. The number of hydrogen-bond donors (Lipinski definition) is 4. The molecule has 2 rings (SSSR count). The summed E-state index contributed by atoms with van der Waals surface area (Å²) in [5.41, 5.74) is 7.59. The number of carbonyl (C=O) groups is 4. The standard InChI is InChI=1S/C29H38N4O6/c1-4-16-39-24-13-11-21(12-14-24)18-26(31-20(2)34)29(37)33-25(10-5-6-15-30)28(36)32-23-9-7-8-22(17-23)19-27(35)38-3/h4,7-9,11-14,17,25-26H,1,5-6,10,15-16,18-19,30H2,2-3H3,(H,31,34)(H,32,36)(H,33,37)/t25-,26-/m0/s1. The summed E-state index contributed by atoms with van der Waals surface area (Å²) >= 11 is 0. The molecule has 0 aliphatic heterocycles. The number of rotatable bonds is 16. The van der Waals surface area contributed by atoms with Crippen LogP contribution in [-0.2, 0) is 36.8 Å². The zero-order valence-electron chi connectivity index (χ0n) is 22.5. The molecule has 210 valence electrons. The molecule has 0 unspecified atom stereocenters. The quantitative estimate of drug-likeness (QED) is 0.146. The number of amides is 3. The summed E-state index contributed by atoms with van der Waals surface area (Å²) in [6.07, 6.45) is 3.59. The maximum atomic E-state index is 13.3. The summed E-state index contributed by atoms with van der Waals surface area (Å²) in [7, 11) is 1.31. The van der Waals surface area contributed by atoms with E-state index in [0.717, 1.165) is 5.56 Å². The van der Waals surface area contributed by atoms with Crippen LogP contribution in [-0.4, -0.2) is 56.0 Å². The summed E-state index contributed by atoms with van der Waals surface area (Å²) in [6, 6.07) is 12.3. The molecule has 39 heavy (non-hydrogen) atoms. The highest BCUT2D eigenvalue weighted by atomic mass is 16.5. The summed E-state index contributed by atoms with van der Waals surface area (Å²) in [5.74, 6) is -1.00. The number of benzene rings is 2. The van der Waals surface area contributed by atoms with Gasteiger partial charge in [-0.25, -0.2) is 0 Å². The van der Waals surface area contributed by atoms with Crippen LogP contribution in [0.1, 0.15) is 37.3 Å². The van der Waals surface area contributed by atoms with Crippen LogP contribution in [0.25, 0.3) is 0 Å². The Morgan fingerprint density at radius 2 is 1.72 bits per heavy atom. The van der Waals surface area contributed by atoms with Gasteiger partial charge in [0, 0.05) is 19.0 Å². The summed E-state index contributed by atoms with van der Waals surface area (Å²) in [6.45, 7) is 5.78. The molecule has 2 aromatic rings. The van der Waals surface area contributed by atoms with E-state index in [1.165, 1.54) is 14.0 Å². The normalized spacial score (nSPS) is 12.0. The minimum atomic E-state index is -0.893. The van der Waals surface area contributed by atoms with Crippen molar-refractivity contribution in [2.75, 3.05) is 25.6 Å². The molecule has 0 saturated carbocycles. The molecule has 0 aliphatic carbocycles. The van der Waals surface area contributed by atoms with Crippen molar-refractivity contribution in [3.05, 3.63) is 72.3 Å². The third kappa shape index (κ3) is 11.4. The van der Waals surface area contributed by atoms with Crippen LogP contribution in [0.15, 0.2) is 61.2 Å². The molecular formula is C29H38N4O6. The molecule has 0 spiro atoms. The molecule has 10 nitrogen and oxygen atoms in total. The van der Waals surface area contributed by atoms with E-state index in [2.05, 4.69) is 22.5 Å². The third-order valence-corrected chi connectivity index (χ3v) is 5.78. The van der Waals surface area contributed by atoms with E-state index in [0.29, 0.717) is 49.4 Å². The average molecular weight is 539 g/mol. The summed E-state index contributed by atoms with van der Waals surface area (Å²) in [4.78, 5) is 50.0. The minimum absolute atomic E-state index is 0.0661. The Balaban J connectivity index is 2.14. The number of methoxy groups -OCH3 is 1. The van der Waals surface area contributed by atoms with Gasteiger partial charge in [-0.3, -0.25) is 19.2 Å². The summed E-state index contributed by atoms with van der Waals surface area (Å²) < 4.78 is 10.2. The number of nitrogens with two attached hydrogens (primary N) is 1. The van der Waals surface area contributed by atoms with Crippen LogP contribution in [0.3, 0.4) is 0 Å². The first-order chi connectivity index (χ1) is 18.7. The van der Waals surface area contributed by atoms with E-state index in [9.17, 15) is 19.2 Å². The Morgan fingerprint density at radius 3 is 2.36 bits per heavy atom. The van der Waals surface area contributed by atoms with Gasteiger partial charge in [0.2, 0.25) is 17.7 Å². The Morgan fingerprint density at radius 1 is 0.974 bits per heavy atom. The third-order valence-electron chi connectivity index (χ3n) is 5.78. The van der Waals surface area contributed by atoms with Gasteiger partial charge in [-0.1, -0.05) is 36.9 Å². The number of unbranched alkanes of at least 4 members (excludes halogenated alkanes) is 1. The maximum Gasteiger partial charge on any atom is 0.309 e. The second kappa shape index (κ2) is 16.6. The average Bonchev–Trinajstić information content (AvgIpc) is 2.91. The number of nitrogens with one attached hydrogen (secondary N) is 3. The van der Waals surface area contributed by atoms with E-state index in [-0.39, 0.29) is 18.7 Å². The van der Waals surface area contributed by atoms with Crippen molar-refractivity contribution in [3.8, 4) is 5.75 Å². The topological polar surface area (TPSA) is 149 Å². The molecule has 0 aliphatic rings. The highest BCUT2D eigenvalue weighted by Crippen LogP contribution is 2.15. The van der Waals surface area contributed by atoms with Crippen LogP contribution in [0.2, 0.25) is 0 Å². The first-order valence-electron chi connectivity index (χ1n) is 12.8. The number of carbonyl (C=O) groups excluding carboxylic acids is 4. The zero-order valence-corrected chi connectivity index (χ0v) is 22.5. The molecule has 0 aromatic heterocycles. The van der Waals surface area contributed by atoms with E-state index in [1.807, 2.05) is 12.1 Å². The second-order valence-electron chi connectivity index (χ2n) is 8.99. The van der Waals surface area contributed by atoms with Crippen molar-refractivity contribution in [2.45, 2.75) is 51.1 Å². The fourth-order valence-electron chi connectivity index (χ4n) is 3.83. The van der Waals surface area contributed by atoms with Crippen molar-refractivity contribution >= 4 is 29.4 Å². The van der Waals surface area contributed by atoms with E-state index >= 15 is 0 Å². The summed E-state index contributed by atoms with van der Waals surface area (Å²) in [5, 5.41) is 8.29. The van der Waals surface area contributed by atoms with Gasteiger partial charge in [-0.15, -0.1) is 0 Å². The zero-order chi connectivity index (χ0) is 28.6. The highest BCUT2D eigenvalue weighted by molar-refractivity contribution is 5.98. The lowest BCUT2D eigenvalue weighted by molar-refractivity contribution is -0.139. The van der Waals surface area contributed by atoms with Gasteiger partial charge >= 0.3 is 5.97 Å². The van der Waals surface area contributed by atoms with E-state index in [4.69, 9.17) is 15.2 Å². The predicted molar refractivity (Wildman–Crippen MR) is 149 cm³/mol.